The van der Waals surface area contributed by atoms with Gasteiger partial charge in [0.1, 0.15) is 0 Å². The van der Waals surface area contributed by atoms with Crippen molar-refractivity contribution in [1.82, 2.24) is 4.90 Å². The Morgan fingerprint density at radius 1 is 0.708 bits per heavy atom. The maximum absolute atomic E-state index is 2.52. The van der Waals surface area contributed by atoms with Crippen LogP contribution in [0.25, 0.3) is 11.6 Å². The van der Waals surface area contributed by atoms with Crippen LogP contribution in [0.3, 0.4) is 0 Å². The Kier molecular flexibility index (Phi) is 4.26. The highest BCUT2D eigenvalue weighted by atomic mass is 15.1. The summed E-state index contributed by atoms with van der Waals surface area (Å²) in [5.41, 5.74) is 6.85. The van der Waals surface area contributed by atoms with Gasteiger partial charge in [-0.3, -0.25) is 4.90 Å². The van der Waals surface area contributed by atoms with Gasteiger partial charge in [0.05, 0.1) is 0 Å². The fourth-order valence-corrected chi connectivity index (χ4v) is 3.42. The lowest BCUT2D eigenvalue weighted by atomic mass is 9.93. The maximum Gasteiger partial charge on any atom is 0.0247 e. The van der Waals surface area contributed by atoms with E-state index in [-0.39, 0.29) is 0 Å². The second-order valence-corrected chi connectivity index (χ2v) is 6.37. The van der Waals surface area contributed by atoms with Crippen molar-refractivity contribution < 1.29 is 0 Å². The zero-order valence-electron chi connectivity index (χ0n) is 13.7. The molecule has 0 aliphatic carbocycles. The predicted octanol–water partition coefficient (Wildman–Crippen LogP) is 5.24. The molecular weight excluding hydrogens is 290 g/mol. The Hall–Kier alpha value is -2.64. The zero-order valence-corrected chi connectivity index (χ0v) is 13.7. The summed E-state index contributed by atoms with van der Waals surface area (Å²) in [7, 11) is 0. The van der Waals surface area contributed by atoms with Gasteiger partial charge in [-0.15, -0.1) is 0 Å². The minimum Gasteiger partial charge on any atom is -0.291 e. The van der Waals surface area contributed by atoms with Crippen LogP contribution in [0.2, 0.25) is 0 Å². The molecule has 0 saturated heterocycles. The monoisotopic (exact) mass is 311 g/mol. The van der Waals surface area contributed by atoms with Crippen LogP contribution in [-0.4, -0.2) is 11.4 Å². The van der Waals surface area contributed by atoms with Gasteiger partial charge in [0.15, 0.2) is 0 Å². The third kappa shape index (κ3) is 3.32. The average Bonchev–Trinajstić information content (AvgIpc) is 2.63. The van der Waals surface area contributed by atoms with Crippen LogP contribution >= 0.6 is 0 Å². The van der Waals surface area contributed by atoms with Crippen LogP contribution < -0.4 is 0 Å². The fraction of sp³-hybridized carbons (Fsp3) is 0.130. The van der Waals surface area contributed by atoms with Crippen molar-refractivity contribution in [3.05, 3.63) is 107 Å². The quantitative estimate of drug-likeness (QED) is 0.639. The number of hydrogen-bond donors (Lipinski definition) is 0. The molecule has 3 aromatic carbocycles. The topological polar surface area (TPSA) is 3.24 Å². The molecule has 0 radical (unpaired) electrons. The lowest BCUT2D eigenvalue weighted by Crippen LogP contribution is -2.29. The Labute approximate surface area is 143 Å². The van der Waals surface area contributed by atoms with Crippen LogP contribution in [0.4, 0.5) is 0 Å². The first-order valence-corrected chi connectivity index (χ1v) is 8.49. The summed E-state index contributed by atoms with van der Waals surface area (Å²) < 4.78 is 0. The molecule has 0 N–H and O–H groups in total. The van der Waals surface area contributed by atoms with Crippen LogP contribution in [0, 0.1) is 0 Å². The number of nitrogens with zero attached hydrogens (tertiary/aromatic N) is 1. The van der Waals surface area contributed by atoms with Gasteiger partial charge in [0, 0.05) is 19.6 Å². The van der Waals surface area contributed by atoms with E-state index in [1.54, 1.807) is 0 Å². The SMILES string of the molecule is C(=C1\CN(Cc2ccccc2)Cc2ccccc21)/c1ccccc1. The largest absolute Gasteiger partial charge is 0.291 e. The van der Waals surface area contributed by atoms with Crippen molar-refractivity contribution in [2.24, 2.45) is 0 Å². The molecule has 0 aromatic heterocycles. The summed E-state index contributed by atoms with van der Waals surface area (Å²) in [6, 6.07) is 30.1. The van der Waals surface area contributed by atoms with E-state index < -0.39 is 0 Å². The molecule has 24 heavy (non-hydrogen) atoms. The van der Waals surface area contributed by atoms with Crippen molar-refractivity contribution in [1.29, 1.82) is 0 Å². The smallest absolute Gasteiger partial charge is 0.0247 e. The lowest BCUT2D eigenvalue weighted by molar-refractivity contribution is 0.283. The number of rotatable bonds is 3. The van der Waals surface area contributed by atoms with Crippen molar-refractivity contribution >= 4 is 11.6 Å². The number of hydrogen-bond acceptors (Lipinski definition) is 1. The Bertz CT molecular complexity index is 834. The molecule has 1 heterocycles. The maximum atomic E-state index is 2.52. The fourth-order valence-electron chi connectivity index (χ4n) is 3.42. The van der Waals surface area contributed by atoms with Gasteiger partial charge in [-0.2, -0.15) is 0 Å². The Morgan fingerprint density at radius 2 is 1.38 bits per heavy atom. The Morgan fingerprint density at radius 3 is 2.17 bits per heavy atom. The first-order chi connectivity index (χ1) is 11.9. The van der Waals surface area contributed by atoms with Gasteiger partial charge < -0.3 is 0 Å². The van der Waals surface area contributed by atoms with Crippen LogP contribution in [0.1, 0.15) is 22.3 Å². The molecular formula is C23H21N. The molecule has 1 heteroatoms. The molecule has 118 valence electrons. The highest BCUT2D eigenvalue weighted by Gasteiger charge is 2.19. The molecule has 0 unspecified atom stereocenters. The van der Waals surface area contributed by atoms with Gasteiger partial charge in [0.2, 0.25) is 0 Å². The number of fused-ring (bicyclic) bond motifs is 1. The van der Waals surface area contributed by atoms with E-state index >= 15 is 0 Å². The third-order valence-electron chi connectivity index (χ3n) is 4.54. The summed E-state index contributed by atoms with van der Waals surface area (Å²) in [6.07, 6.45) is 2.33. The average molecular weight is 311 g/mol. The molecule has 0 amide bonds. The van der Waals surface area contributed by atoms with E-state index in [1.807, 2.05) is 0 Å². The molecule has 0 bridgehead atoms. The van der Waals surface area contributed by atoms with E-state index in [0.717, 1.165) is 19.6 Å². The normalized spacial score (nSPS) is 16.1. The molecule has 0 spiro atoms. The lowest BCUT2D eigenvalue weighted by Gasteiger charge is -2.31. The minimum absolute atomic E-state index is 0.987. The van der Waals surface area contributed by atoms with Gasteiger partial charge in [-0.05, 0) is 33.9 Å². The van der Waals surface area contributed by atoms with Gasteiger partial charge in [0.25, 0.3) is 0 Å². The summed E-state index contributed by atoms with van der Waals surface area (Å²) in [5, 5.41) is 0. The van der Waals surface area contributed by atoms with Crippen LogP contribution in [0.15, 0.2) is 84.9 Å². The van der Waals surface area contributed by atoms with Crippen molar-refractivity contribution in [2.45, 2.75) is 13.1 Å². The van der Waals surface area contributed by atoms with E-state index in [0.29, 0.717) is 0 Å². The predicted molar refractivity (Wildman–Crippen MR) is 101 cm³/mol. The van der Waals surface area contributed by atoms with Gasteiger partial charge in [-0.25, -0.2) is 0 Å². The standard InChI is InChI=1S/C23H21N/c1-3-9-19(10-4-1)15-22-18-24(16-20-11-5-2-6-12-20)17-21-13-7-8-14-23(21)22/h1-15H,16-18H2/b22-15-. The molecule has 1 nitrogen and oxygen atoms in total. The molecule has 1 aliphatic rings. The van der Waals surface area contributed by atoms with Crippen molar-refractivity contribution in [3.8, 4) is 0 Å². The zero-order chi connectivity index (χ0) is 16.2. The van der Waals surface area contributed by atoms with Crippen molar-refractivity contribution in [2.75, 3.05) is 6.54 Å². The summed E-state index contributed by atoms with van der Waals surface area (Å²) >= 11 is 0. The number of benzene rings is 3. The van der Waals surface area contributed by atoms with E-state index in [9.17, 15) is 0 Å². The molecule has 0 atom stereocenters. The van der Waals surface area contributed by atoms with Gasteiger partial charge >= 0.3 is 0 Å². The third-order valence-corrected chi connectivity index (χ3v) is 4.54. The highest BCUT2D eigenvalue weighted by molar-refractivity contribution is 5.84. The molecule has 0 fully saturated rings. The molecule has 4 rings (SSSR count). The first-order valence-electron chi connectivity index (χ1n) is 8.49. The minimum atomic E-state index is 0.987. The van der Waals surface area contributed by atoms with Crippen molar-refractivity contribution in [3.63, 3.8) is 0 Å². The summed E-state index contributed by atoms with van der Waals surface area (Å²) in [5.74, 6) is 0. The first kappa shape index (κ1) is 14.9. The van der Waals surface area contributed by atoms with E-state index in [1.165, 1.54) is 27.8 Å². The second kappa shape index (κ2) is 6.86. The van der Waals surface area contributed by atoms with Crippen LogP contribution in [-0.2, 0) is 13.1 Å². The highest BCUT2D eigenvalue weighted by Crippen LogP contribution is 2.30. The molecule has 3 aromatic rings. The second-order valence-electron chi connectivity index (χ2n) is 6.37. The van der Waals surface area contributed by atoms with Crippen LogP contribution in [0.5, 0.6) is 0 Å². The van der Waals surface area contributed by atoms with Gasteiger partial charge in [-0.1, -0.05) is 84.9 Å². The molecule has 0 saturated carbocycles. The Balaban J connectivity index is 1.66. The van der Waals surface area contributed by atoms with E-state index in [4.69, 9.17) is 0 Å². The summed E-state index contributed by atoms with van der Waals surface area (Å²) in [6.45, 7) is 2.99. The summed E-state index contributed by atoms with van der Waals surface area (Å²) in [4.78, 5) is 2.52. The van der Waals surface area contributed by atoms with E-state index in [2.05, 4.69) is 95.9 Å². The molecule has 1 aliphatic heterocycles.